The monoisotopic (exact) mass is 208 g/mol. The molecule has 1 aliphatic rings. The maximum absolute atomic E-state index is 12.0. The van der Waals surface area contributed by atoms with Gasteiger partial charge < -0.3 is 4.90 Å². The third-order valence-electron chi connectivity index (χ3n) is 2.43. The molecule has 5 nitrogen and oxygen atoms in total. The first kappa shape index (κ1) is 10.1. The molecule has 0 saturated heterocycles. The molecule has 1 aromatic rings. The fourth-order valence-electron chi connectivity index (χ4n) is 1.62. The van der Waals surface area contributed by atoms with Crippen LogP contribution in [0.3, 0.4) is 0 Å². The highest BCUT2D eigenvalue weighted by Crippen LogP contribution is 2.28. The van der Waals surface area contributed by atoms with Crippen molar-refractivity contribution in [3.05, 3.63) is 12.2 Å². The van der Waals surface area contributed by atoms with Crippen molar-refractivity contribution in [2.45, 2.75) is 32.7 Å². The normalized spacial score (nSPS) is 15.7. The van der Waals surface area contributed by atoms with Crippen LogP contribution >= 0.6 is 0 Å². The molecule has 5 heteroatoms. The van der Waals surface area contributed by atoms with Crippen molar-refractivity contribution in [1.29, 1.82) is 0 Å². The van der Waals surface area contributed by atoms with E-state index in [0.29, 0.717) is 17.8 Å². The molecule has 1 fully saturated rings. The highest BCUT2D eigenvalue weighted by molar-refractivity contribution is 5.90. The Morgan fingerprint density at radius 2 is 2.40 bits per heavy atom. The minimum Gasteiger partial charge on any atom is -0.333 e. The molecule has 1 aromatic heterocycles. The number of hydrogen-bond donors (Lipinski definition) is 1. The van der Waals surface area contributed by atoms with Crippen LogP contribution in [-0.4, -0.2) is 38.6 Å². The van der Waals surface area contributed by atoms with Crippen molar-refractivity contribution in [2.75, 3.05) is 6.54 Å². The highest BCUT2D eigenvalue weighted by atomic mass is 16.2. The third kappa shape index (κ3) is 2.34. The van der Waals surface area contributed by atoms with E-state index in [-0.39, 0.29) is 5.91 Å². The fraction of sp³-hybridized carbons (Fsp3) is 0.700. The van der Waals surface area contributed by atoms with Crippen molar-refractivity contribution in [3.8, 4) is 0 Å². The Hall–Kier alpha value is -1.39. The Bertz CT molecular complexity index is 329. The van der Waals surface area contributed by atoms with Gasteiger partial charge in [-0.05, 0) is 18.8 Å². The molecule has 0 bridgehead atoms. The molecular weight excluding hydrogens is 192 g/mol. The van der Waals surface area contributed by atoms with Gasteiger partial charge in [0.1, 0.15) is 6.33 Å². The van der Waals surface area contributed by atoms with Gasteiger partial charge in [0.25, 0.3) is 5.91 Å². The van der Waals surface area contributed by atoms with Gasteiger partial charge in [-0.15, -0.1) is 0 Å². The predicted molar refractivity (Wildman–Crippen MR) is 55.3 cm³/mol. The molecule has 1 heterocycles. The molecule has 0 atom stereocenters. The summed E-state index contributed by atoms with van der Waals surface area (Å²) in [6, 6.07) is 0.421. The lowest BCUT2D eigenvalue weighted by molar-refractivity contribution is 0.0710. The average Bonchev–Trinajstić information content (AvgIpc) is 2.88. The van der Waals surface area contributed by atoms with E-state index in [9.17, 15) is 4.79 Å². The van der Waals surface area contributed by atoms with Crippen LogP contribution in [0.4, 0.5) is 0 Å². The topological polar surface area (TPSA) is 61.9 Å². The third-order valence-corrected chi connectivity index (χ3v) is 2.43. The van der Waals surface area contributed by atoms with E-state index in [0.717, 1.165) is 19.4 Å². The quantitative estimate of drug-likeness (QED) is 0.805. The van der Waals surface area contributed by atoms with Gasteiger partial charge >= 0.3 is 0 Å². The van der Waals surface area contributed by atoms with Crippen LogP contribution in [0.5, 0.6) is 0 Å². The smallest absolute Gasteiger partial charge is 0.291 e. The summed E-state index contributed by atoms with van der Waals surface area (Å²) in [4.78, 5) is 17.8. The van der Waals surface area contributed by atoms with Crippen LogP contribution in [0, 0.1) is 5.92 Å². The van der Waals surface area contributed by atoms with Crippen LogP contribution in [0.15, 0.2) is 6.33 Å². The number of hydrogen-bond acceptors (Lipinski definition) is 3. The SMILES string of the molecule is CC(C)CN(C(=O)c1ncn[nH]1)C1CC1. The van der Waals surface area contributed by atoms with E-state index in [1.54, 1.807) is 0 Å². The van der Waals surface area contributed by atoms with Gasteiger partial charge in [0, 0.05) is 12.6 Å². The molecule has 0 aliphatic heterocycles. The molecule has 1 saturated carbocycles. The van der Waals surface area contributed by atoms with Gasteiger partial charge in [0.2, 0.25) is 5.82 Å². The second-order valence-corrected chi connectivity index (χ2v) is 4.42. The lowest BCUT2D eigenvalue weighted by atomic mass is 10.2. The maximum atomic E-state index is 12.0. The van der Waals surface area contributed by atoms with Gasteiger partial charge in [0.15, 0.2) is 0 Å². The second kappa shape index (κ2) is 4.00. The zero-order valence-corrected chi connectivity index (χ0v) is 9.10. The summed E-state index contributed by atoms with van der Waals surface area (Å²) in [7, 11) is 0. The largest absolute Gasteiger partial charge is 0.333 e. The van der Waals surface area contributed by atoms with E-state index in [2.05, 4.69) is 29.0 Å². The number of amides is 1. The maximum Gasteiger partial charge on any atom is 0.291 e. The van der Waals surface area contributed by atoms with Crippen LogP contribution in [0.25, 0.3) is 0 Å². The molecule has 0 spiro atoms. The first-order valence-corrected chi connectivity index (χ1v) is 5.35. The summed E-state index contributed by atoms with van der Waals surface area (Å²) >= 11 is 0. The Labute approximate surface area is 88.9 Å². The number of H-pyrrole nitrogens is 1. The minimum atomic E-state index is -0.0244. The Morgan fingerprint density at radius 3 is 2.87 bits per heavy atom. The van der Waals surface area contributed by atoms with E-state index in [1.807, 2.05) is 4.90 Å². The molecule has 2 rings (SSSR count). The molecule has 1 N–H and O–H groups in total. The number of carbonyl (C=O) groups excluding carboxylic acids is 1. The van der Waals surface area contributed by atoms with Crippen LogP contribution in [0.1, 0.15) is 37.3 Å². The Morgan fingerprint density at radius 1 is 1.67 bits per heavy atom. The van der Waals surface area contributed by atoms with Crippen molar-refractivity contribution >= 4 is 5.91 Å². The van der Waals surface area contributed by atoms with E-state index in [4.69, 9.17) is 0 Å². The molecule has 82 valence electrons. The van der Waals surface area contributed by atoms with Crippen LogP contribution in [-0.2, 0) is 0 Å². The lowest BCUT2D eigenvalue weighted by Crippen LogP contribution is -2.36. The molecule has 0 aromatic carbocycles. The van der Waals surface area contributed by atoms with Gasteiger partial charge in [-0.25, -0.2) is 4.98 Å². The van der Waals surface area contributed by atoms with Crippen molar-refractivity contribution in [2.24, 2.45) is 5.92 Å². The summed E-state index contributed by atoms with van der Waals surface area (Å²) in [6.07, 6.45) is 3.60. The highest BCUT2D eigenvalue weighted by Gasteiger charge is 2.34. The van der Waals surface area contributed by atoms with Gasteiger partial charge in [-0.1, -0.05) is 13.8 Å². The molecule has 15 heavy (non-hydrogen) atoms. The Kier molecular flexibility index (Phi) is 2.70. The first-order chi connectivity index (χ1) is 7.18. The van der Waals surface area contributed by atoms with Gasteiger partial charge in [0.05, 0.1) is 0 Å². The van der Waals surface area contributed by atoms with Gasteiger partial charge in [-0.3, -0.25) is 9.89 Å². The molecule has 1 aliphatic carbocycles. The minimum absolute atomic E-state index is 0.0244. The van der Waals surface area contributed by atoms with Crippen molar-refractivity contribution in [3.63, 3.8) is 0 Å². The van der Waals surface area contributed by atoms with E-state index >= 15 is 0 Å². The standard InChI is InChI=1S/C10H16N4O/c1-7(2)5-14(8-3-4-8)10(15)9-11-6-12-13-9/h6-8H,3-5H2,1-2H3,(H,11,12,13). The van der Waals surface area contributed by atoms with Gasteiger partial charge in [-0.2, -0.15) is 5.10 Å². The second-order valence-electron chi connectivity index (χ2n) is 4.42. The zero-order chi connectivity index (χ0) is 10.8. The fourth-order valence-corrected chi connectivity index (χ4v) is 1.62. The summed E-state index contributed by atoms with van der Waals surface area (Å²) in [5.41, 5.74) is 0. The number of nitrogens with one attached hydrogen (secondary N) is 1. The summed E-state index contributed by atoms with van der Waals surface area (Å²) in [5, 5.41) is 6.32. The number of aromatic amines is 1. The zero-order valence-electron chi connectivity index (χ0n) is 9.10. The molecule has 1 amide bonds. The number of carbonyl (C=O) groups is 1. The molecular formula is C10H16N4O. The Balaban J connectivity index is 2.07. The average molecular weight is 208 g/mol. The van der Waals surface area contributed by atoms with Crippen molar-refractivity contribution < 1.29 is 4.79 Å². The molecule has 0 unspecified atom stereocenters. The van der Waals surface area contributed by atoms with E-state index in [1.165, 1.54) is 6.33 Å². The summed E-state index contributed by atoms with van der Waals surface area (Å²) in [5.74, 6) is 0.809. The van der Waals surface area contributed by atoms with Crippen molar-refractivity contribution in [1.82, 2.24) is 20.1 Å². The summed E-state index contributed by atoms with van der Waals surface area (Å²) in [6.45, 7) is 5.02. The van der Waals surface area contributed by atoms with E-state index < -0.39 is 0 Å². The number of aromatic nitrogens is 3. The first-order valence-electron chi connectivity index (χ1n) is 5.35. The number of rotatable bonds is 4. The summed E-state index contributed by atoms with van der Waals surface area (Å²) < 4.78 is 0. The number of nitrogens with zero attached hydrogens (tertiary/aromatic N) is 3. The van der Waals surface area contributed by atoms with Crippen LogP contribution in [0.2, 0.25) is 0 Å². The van der Waals surface area contributed by atoms with Crippen LogP contribution < -0.4 is 0 Å². The lowest BCUT2D eigenvalue weighted by Gasteiger charge is -2.23. The molecule has 0 radical (unpaired) electrons. The predicted octanol–water partition coefficient (Wildman–Crippen LogP) is 1.07.